The molecule has 1 atom stereocenters. The van der Waals surface area contributed by atoms with Crippen LogP contribution in [0, 0.1) is 27.7 Å². The van der Waals surface area contributed by atoms with Gasteiger partial charge in [-0.1, -0.05) is 256 Å². The zero-order valence-corrected chi connectivity index (χ0v) is 87.9. The molecule has 0 aliphatic heterocycles. The van der Waals surface area contributed by atoms with Crippen LogP contribution < -0.4 is 129 Å². The molecule has 1 heterocycles. The molecule has 2 aliphatic rings. The number of rotatable bonds is 37. The minimum absolute atomic E-state index is 0. The standard InChI is InChI=1S/C35H52N2S4.C33H46N4S8.C9H13N.C5H11NS2.4Na/c1-7-36(8-2)33(38)40-23-15-11-13-21-35(22-14-12-16-24-41-34(39)37(9-3)10-4)31-25-27(5)17-19-29(31)30-20-18-28(6)26-32(30)35;1-23-9-11-25-26-12-10-24(2)22-28(26)33(27(25)21-23,13-5-3-7-17-36(31(42)43)19-15-34-29(38)39)14-6-4-8-18-37(32(44)45)20-16-35-30(40)41;1-3-8(2)9-4-6-10-7-5-9;1-4-8-5(7)6(2)3;;;;/h17-20,25-26H,7-16,21-24H2,1-6H3;9-12,21-22H,3-8,13-20H2,1-2H3,(H,42,43)(H,44,45)(H2,34,38,39)(H2,35,40,41);4-8H,3H2,1-2H3;4H2,1-3H3;;;;/q;;;;4*+1/p-4. The van der Waals surface area contributed by atoms with E-state index in [0.717, 1.165) is 121 Å². The summed E-state index contributed by atoms with van der Waals surface area (Å²) in [7, 11) is 3.93. The number of pyridine rings is 1. The fourth-order valence-electron chi connectivity index (χ4n) is 13.8. The number of thioether (sulfide) groups is 3. The van der Waals surface area contributed by atoms with Crippen LogP contribution in [-0.4, -0.2) is 157 Å². The summed E-state index contributed by atoms with van der Waals surface area (Å²) < 4.78 is 4.86. The Morgan fingerprint density at radius 1 is 0.417 bits per heavy atom. The van der Waals surface area contributed by atoms with E-state index in [1.54, 1.807) is 22.9 Å². The van der Waals surface area contributed by atoms with Crippen LogP contribution in [0.25, 0.3) is 22.3 Å². The Morgan fingerprint density at radius 3 is 0.991 bits per heavy atom. The quantitative estimate of drug-likeness (QED) is 0.0172. The molecule has 8 nitrogen and oxygen atoms in total. The largest absolute Gasteiger partial charge is 1.00 e. The molecule has 108 heavy (non-hydrogen) atoms. The Kier molecular flexibility index (Phi) is 61.3. The molecule has 0 saturated heterocycles. The van der Waals surface area contributed by atoms with Crippen LogP contribution >= 0.6 is 121 Å². The Balaban J connectivity index is 0.00000167. The van der Waals surface area contributed by atoms with Gasteiger partial charge in [-0.25, -0.2) is 0 Å². The van der Waals surface area contributed by atoms with E-state index < -0.39 is 0 Å². The first kappa shape index (κ1) is 109. The second kappa shape index (κ2) is 60.6. The van der Waals surface area contributed by atoms with Gasteiger partial charge < -0.3 is 135 Å². The molecule has 0 fully saturated rings. The summed E-state index contributed by atoms with van der Waals surface area (Å²) in [6.45, 7) is 32.7. The summed E-state index contributed by atoms with van der Waals surface area (Å²) >= 11 is 63.0. The average Bonchev–Trinajstić information content (AvgIpc) is 1.58. The monoisotopic (exact) mass is 1750 g/mol. The van der Waals surface area contributed by atoms with Gasteiger partial charge in [0.25, 0.3) is 0 Å². The van der Waals surface area contributed by atoms with Crippen molar-refractivity contribution in [2.24, 2.45) is 0 Å². The Bertz CT molecular complexity index is 3300. The third kappa shape index (κ3) is 37.2. The van der Waals surface area contributed by atoms with Crippen molar-refractivity contribution in [2.75, 3.05) is 96.8 Å². The minimum Gasteiger partial charge on any atom is -0.412 e. The molecule has 0 bridgehead atoms. The van der Waals surface area contributed by atoms with Gasteiger partial charge in [0.05, 0.1) is 0 Å². The van der Waals surface area contributed by atoms with E-state index in [1.165, 1.54) is 119 Å². The molecule has 5 aromatic rings. The zero-order valence-electron chi connectivity index (χ0n) is 68.4. The maximum atomic E-state index is 5.66. The van der Waals surface area contributed by atoms with Crippen LogP contribution in [0.4, 0.5) is 0 Å². The van der Waals surface area contributed by atoms with Gasteiger partial charge in [0.15, 0.2) is 0 Å². The van der Waals surface area contributed by atoms with E-state index in [1.807, 2.05) is 54.9 Å². The third-order valence-electron chi connectivity index (χ3n) is 19.7. The topological polar surface area (TPSA) is 53.2 Å². The van der Waals surface area contributed by atoms with Gasteiger partial charge >= 0.3 is 118 Å². The van der Waals surface area contributed by atoms with Crippen LogP contribution in [-0.2, 0) is 61.3 Å². The summed E-state index contributed by atoms with van der Waals surface area (Å²) in [5, 5.41) is 6.06. The number of thiocarbonyl (C=S) groups is 7. The van der Waals surface area contributed by atoms with Gasteiger partial charge in [-0.3, -0.25) is 4.98 Å². The number of aryl methyl sites for hydroxylation is 4. The second-order valence-corrected chi connectivity index (χ2v) is 36.9. The first-order chi connectivity index (χ1) is 49.8. The summed E-state index contributed by atoms with van der Waals surface area (Å²) in [5.41, 5.74) is 18.7. The van der Waals surface area contributed by atoms with Gasteiger partial charge in [0.1, 0.15) is 13.0 Å². The summed E-state index contributed by atoms with van der Waals surface area (Å²) in [6.07, 6.45) is 23.6. The molecule has 0 radical (unpaired) electrons. The zero-order chi connectivity index (χ0) is 76.8. The first-order valence-corrected chi connectivity index (χ1v) is 45.1. The summed E-state index contributed by atoms with van der Waals surface area (Å²) in [4.78, 5) is 14.6. The molecule has 0 spiro atoms. The SMILES string of the molecule is CCC(C)c1ccncc1.CCN(CC)C(=S)SCCCCCC1(CCCCCSC(=S)N(CC)CC)c2cc(C)ccc2-c2ccc(C)cc21.CCSC(=S)N(C)C.Cc1ccc2c(c1)C(CCCCCN(CCNC(=S)[S-])C(=S)[S-])(CCCCCN(CCNC(=S)[S-])C(=S)[S-])c1cc(C)ccc1-2.[Na+].[Na+].[Na+].[Na+]. The van der Waals surface area contributed by atoms with E-state index >= 15 is 0 Å². The van der Waals surface area contributed by atoms with Gasteiger partial charge in [-0.05, 0) is 187 Å². The van der Waals surface area contributed by atoms with Crippen molar-refractivity contribution in [1.29, 1.82) is 0 Å². The van der Waals surface area contributed by atoms with E-state index in [-0.39, 0.29) is 129 Å². The van der Waals surface area contributed by atoms with E-state index in [4.69, 9.17) is 136 Å². The summed E-state index contributed by atoms with van der Waals surface area (Å²) in [6, 6.07) is 32.6. The fourth-order valence-corrected chi connectivity index (χ4v) is 18.8. The van der Waals surface area contributed by atoms with Crippen molar-refractivity contribution in [1.82, 2.24) is 40.1 Å². The Morgan fingerprint density at radius 2 is 0.731 bits per heavy atom. The van der Waals surface area contributed by atoms with Gasteiger partial charge in [0, 0.05) is 114 Å². The molecule has 4 aromatic carbocycles. The molecular formula is C82H118N8Na4S14. The number of nitrogens with zero attached hydrogens (tertiary/aromatic N) is 6. The van der Waals surface area contributed by atoms with Gasteiger partial charge in [-0.2, -0.15) is 0 Å². The normalized spacial score (nSPS) is 12.1. The predicted molar refractivity (Wildman–Crippen MR) is 500 cm³/mol. The molecule has 0 amide bonds. The second-order valence-electron chi connectivity index (χ2n) is 27.3. The van der Waals surface area contributed by atoms with Crippen molar-refractivity contribution < 1.29 is 118 Å². The molecule has 1 aromatic heterocycles. The molecule has 7 rings (SSSR count). The number of hydrogen-bond donors (Lipinski definition) is 2. The summed E-state index contributed by atoms with van der Waals surface area (Å²) in [5.74, 6) is 3.99. The maximum Gasteiger partial charge on any atom is 1.00 e. The van der Waals surface area contributed by atoms with Crippen LogP contribution in [0.5, 0.6) is 0 Å². The molecular weight excluding hydrogens is 1640 g/mol. The predicted octanol–water partition coefficient (Wildman–Crippen LogP) is 9.41. The molecule has 1 unspecified atom stereocenters. The molecule has 574 valence electrons. The van der Waals surface area contributed by atoms with Crippen molar-refractivity contribution in [3.05, 3.63) is 147 Å². The number of fused-ring (bicyclic) bond motifs is 6. The first-order valence-electron chi connectivity index (χ1n) is 37.6. The molecule has 26 heteroatoms. The van der Waals surface area contributed by atoms with Gasteiger partial charge in [0.2, 0.25) is 0 Å². The van der Waals surface area contributed by atoms with E-state index in [2.05, 4.69) is 196 Å². The van der Waals surface area contributed by atoms with Crippen molar-refractivity contribution in [3.63, 3.8) is 0 Å². The van der Waals surface area contributed by atoms with Crippen LogP contribution in [0.1, 0.15) is 214 Å². The number of hydrogen-bond acceptors (Lipinski definition) is 15. The number of aromatic nitrogens is 1. The molecule has 2 aliphatic carbocycles. The van der Waals surface area contributed by atoms with Crippen molar-refractivity contribution in [3.8, 4) is 22.3 Å². The Labute approximate surface area is 816 Å². The molecule has 0 saturated carbocycles. The maximum absolute atomic E-state index is 5.66. The third-order valence-corrected chi connectivity index (χ3v) is 26.2. The Hall–Kier alpha value is 1.19. The van der Waals surface area contributed by atoms with E-state index in [0.29, 0.717) is 49.4 Å². The van der Waals surface area contributed by atoms with Crippen LogP contribution in [0.2, 0.25) is 0 Å². The van der Waals surface area contributed by atoms with Crippen LogP contribution in [0.15, 0.2) is 97.3 Å². The van der Waals surface area contributed by atoms with Gasteiger partial charge in [-0.15, -0.1) is 0 Å². The number of unbranched alkanes of at least 4 members (excludes halogenated alkanes) is 8. The number of nitrogens with one attached hydrogen (secondary N) is 2. The fraction of sp³-hybridized carbons (Fsp3) is 0.561. The van der Waals surface area contributed by atoms with E-state index in [9.17, 15) is 0 Å². The minimum atomic E-state index is -0.00510. The molecule has 2 N–H and O–H groups in total. The van der Waals surface area contributed by atoms with Crippen molar-refractivity contribution >= 4 is 202 Å². The van der Waals surface area contributed by atoms with Crippen LogP contribution in [0.3, 0.4) is 0 Å². The van der Waals surface area contributed by atoms with Crippen molar-refractivity contribution in [2.45, 2.75) is 202 Å². The average molecular weight is 1760 g/mol. The number of benzene rings is 4. The smallest absolute Gasteiger partial charge is 0.412 e.